The molecule has 14 heavy (non-hydrogen) atoms. The lowest BCUT2D eigenvalue weighted by Gasteiger charge is -2.14. The van der Waals surface area contributed by atoms with Crippen molar-refractivity contribution in [2.24, 2.45) is 5.92 Å². The molecule has 0 amide bonds. The fourth-order valence-electron chi connectivity index (χ4n) is 0.800. The molecule has 0 aliphatic heterocycles. The van der Waals surface area contributed by atoms with Crippen LogP contribution in [0.5, 0.6) is 0 Å². The number of carboxylic acids is 2. The van der Waals surface area contributed by atoms with Gasteiger partial charge < -0.3 is 25.2 Å². The van der Waals surface area contributed by atoms with Crippen LogP contribution >= 0.6 is 0 Å². The van der Waals surface area contributed by atoms with E-state index < -0.39 is 30.6 Å². The van der Waals surface area contributed by atoms with Gasteiger partial charge in [-0.15, -0.1) is 0 Å². The van der Waals surface area contributed by atoms with Crippen molar-refractivity contribution >= 4 is 11.9 Å². The van der Waals surface area contributed by atoms with E-state index in [1.165, 1.54) is 0 Å². The highest BCUT2D eigenvalue weighted by atomic mass is 16.5. The van der Waals surface area contributed by atoms with Crippen LogP contribution in [0.2, 0.25) is 0 Å². The smallest absolute Gasteiger partial charge is 0.320 e. The lowest BCUT2D eigenvalue weighted by molar-refractivity contribution is -0.161. The number of rotatable bonds is 7. The van der Waals surface area contributed by atoms with E-state index in [1.54, 1.807) is 0 Å². The maximum atomic E-state index is 10.4. The first-order valence-electron chi connectivity index (χ1n) is 3.83. The Morgan fingerprint density at radius 3 is 2.07 bits per heavy atom. The molecule has 0 bridgehead atoms. The fraction of sp³-hybridized carbons (Fsp3) is 0.714. The molecule has 1 unspecified atom stereocenters. The minimum Gasteiger partial charge on any atom is -0.481 e. The van der Waals surface area contributed by atoms with E-state index in [0.717, 1.165) is 0 Å². The highest BCUT2D eigenvalue weighted by Crippen LogP contribution is 2.05. The number of hydrogen-bond acceptors (Lipinski definition) is 5. The van der Waals surface area contributed by atoms with Gasteiger partial charge in [0.1, 0.15) is 6.10 Å². The Bertz CT molecular complexity index is 188. The average Bonchev–Trinajstić information content (AvgIpc) is 2.03. The van der Waals surface area contributed by atoms with Gasteiger partial charge in [0.15, 0.2) is 5.92 Å². The van der Waals surface area contributed by atoms with Crippen LogP contribution in [-0.4, -0.2) is 58.3 Å². The van der Waals surface area contributed by atoms with E-state index in [-0.39, 0.29) is 13.2 Å². The van der Waals surface area contributed by atoms with Crippen molar-refractivity contribution in [3.8, 4) is 0 Å². The number of ether oxygens (including phenoxy) is 1. The number of aliphatic hydroxyl groups is 2. The molecule has 7 nitrogen and oxygen atoms in total. The van der Waals surface area contributed by atoms with Crippen molar-refractivity contribution in [2.45, 2.75) is 6.10 Å². The van der Waals surface area contributed by atoms with Crippen LogP contribution in [0.4, 0.5) is 0 Å². The zero-order valence-electron chi connectivity index (χ0n) is 7.29. The Kier molecular flexibility index (Phi) is 5.77. The minimum absolute atomic E-state index is 0.0803. The molecule has 0 aromatic rings. The molecule has 0 fully saturated rings. The van der Waals surface area contributed by atoms with E-state index in [1.807, 2.05) is 0 Å². The molecule has 82 valence electrons. The Morgan fingerprint density at radius 2 is 1.71 bits per heavy atom. The van der Waals surface area contributed by atoms with Gasteiger partial charge >= 0.3 is 11.9 Å². The second-order valence-electron chi connectivity index (χ2n) is 2.52. The standard InChI is InChI=1S/C7H12O7/c8-1-2-14-3-4(9)5(6(10)11)7(12)13/h4-5,8-9H,1-3H2,(H,10,11)(H,12,13). The number of aliphatic carboxylic acids is 2. The van der Waals surface area contributed by atoms with Crippen molar-refractivity contribution in [1.29, 1.82) is 0 Å². The summed E-state index contributed by atoms with van der Waals surface area (Å²) < 4.78 is 4.60. The quantitative estimate of drug-likeness (QED) is 0.285. The van der Waals surface area contributed by atoms with Crippen LogP contribution in [0.3, 0.4) is 0 Å². The summed E-state index contributed by atoms with van der Waals surface area (Å²) in [5.74, 6) is -5.16. The second-order valence-corrected chi connectivity index (χ2v) is 2.52. The van der Waals surface area contributed by atoms with E-state index >= 15 is 0 Å². The number of aliphatic hydroxyl groups excluding tert-OH is 2. The van der Waals surface area contributed by atoms with Gasteiger partial charge in [0, 0.05) is 0 Å². The monoisotopic (exact) mass is 208 g/mol. The van der Waals surface area contributed by atoms with Crippen LogP contribution < -0.4 is 0 Å². The number of hydrogen-bond donors (Lipinski definition) is 4. The lowest BCUT2D eigenvalue weighted by atomic mass is 10.0. The molecule has 0 rings (SSSR count). The largest absolute Gasteiger partial charge is 0.481 e. The number of carbonyl (C=O) groups is 2. The average molecular weight is 208 g/mol. The summed E-state index contributed by atoms with van der Waals surface area (Å²) in [6.07, 6.45) is -1.63. The molecule has 0 spiro atoms. The molecule has 1 atom stereocenters. The first-order valence-corrected chi connectivity index (χ1v) is 3.83. The summed E-state index contributed by atoms with van der Waals surface area (Å²) in [6, 6.07) is 0. The third-order valence-electron chi connectivity index (χ3n) is 1.44. The summed E-state index contributed by atoms with van der Waals surface area (Å²) in [5, 5.41) is 34.3. The van der Waals surface area contributed by atoms with Gasteiger partial charge in [-0.3, -0.25) is 9.59 Å². The predicted molar refractivity (Wildman–Crippen MR) is 42.7 cm³/mol. The highest BCUT2D eigenvalue weighted by Gasteiger charge is 2.33. The fourth-order valence-corrected chi connectivity index (χ4v) is 0.800. The van der Waals surface area contributed by atoms with E-state index in [4.69, 9.17) is 20.4 Å². The van der Waals surface area contributed by atoms with Gasteiger partial charge in [-0.2, -0.15) is 0 Å². The van der Waals surface area contributed by atoms with E-state index in [2.05, 4.69) is 4.74 Å². The van der Waals surface area contributed by atoms with Crippen molar-refractivity contribution < 1.29 is 34.8 Å². The summed E-state index contributed by atoms with van der Waals surface area (Å²) in [6.45, 7) is -0.801. The summed E-state index contributed by atoms with van der Waals surface area (Å²) in [5.41, 5.74) is 0. The zero-order chi connectivity index (χ0) is 11.1. The van der Waals surface area contributed by atoms with Crippen LogP contribution in [-0.2, 0) is 14.3 Å². The Balaban J connectivity index is 4.09. The van der Waals surface area contributed by atoms with Crippen molar-refractivity contribution in [1.82, 2.24) is 0 Å². The maximum absolute atomic E-state index is 10.4. The van der Waals surface area contributed by atoms with Crippen LogP contribution in [0.25, 0.3) is 0 Å². The Morgan fingerprint density at radius 1 is 1.21 bits per heavy atom. The number of carboxylic acid groups (broad SMARTS) is 2. The van der Waals surface area contributed by atoms with Gasteiger partial charge in [0.25, 0.3) is 0 Å². The molecule has 0 aromatic carbocycles. The van der Waals surface area contributed by atoms with Crippen LogP contribution in [0.15, 0.2) is 0 Å². The predicted octanol–water partition coefficient (Wildman–Crippen LogP) is -1.86. The summed E-state index contributed by atoms with van der Waals surface area (Å²) in [4.78, 5) is 20.7. The molecule has 7 heteroatoms. The van der Waals surface area contributed by atoms with Gasteiger partial charge in [0.2, 0.25) is 0 Å². The molecule has 0 saturated heterocycles. The van der Waals surface area contributed by atoms with Crippen molar-refractivity contribution in [3.05, 3.63) is 0 Å². The maximum Gasteiger partial charge on any atom is 0.320 e. The summed E-state index contributed by atoms with van der Waals surface area (Å²) in [7, 11) is 0. The van der Waals surface area contributed by atoms with Gasteiger partial charge in [-0.05, 0) is 0 Å². The van der Waals surface area contributed by atoms with E-state index in [0.29, 0.717) is 0 Å². The molecule has 0 aromatic heterocycles. The highest BCUT2D eigenvalue weighted by molar-refractivity contribution is 5.93. The molecular weight excluding hydrogens is 196 g/mol. The van der Waals surface area contributed by atoms with E-state index in [9.17, 15) is 9.59 Å². The first-order chi connectivity index (χ1) is 6.50. The van der Waals surface area contributed by atoms with Gasteiger partial charge in [0.05, 0.1) is 19.8 Å². The van der Waals surface area contributed by atoms with Gasteiger partial charge in [-0.1, -0.05) is 0 Å². The Hall–Kier alpha value is -1.18. The second kappa shape index (κ2) is 6.30. The first kappa shape index (κ1) is 12.8. The normalized spacial score (nSPS) is 12.8. The molecule has 0 radical (unpaired) electrons. The lowest BCUT2D eigenvalue weighted by Crippen LogP contribution is -2.38. The van der Waals surface area contributed by atoms with Crippen molar-refractivity contribution in [3.63, 3.8) is 0 Å². The summed E-state index contributed by atoms with van der Waals surface area (Å²) >= 11 is 0. The molecule has 0 aliphatic rings. The van der Waals surface area contributed by atoms with Crippen molar-refractivity contribution in [2.75, 3.05) is 19.8 Å². The third-order valence-corrected chi connectivity index (χ3v) is 1.44. The third kappa shape index (κ3) is 4.17. The SMILES string of the molecule is O=C(O)C(C(=O)O)C(O)COCCO. The minimum atomic E-state index is -1.91. The molecule has 0 aliphatic carbocycles. The molecule has 0 heterocycles. The molecular formula is C7H12O7. The van der Waals surface area contributed by atoms with Crippen LogP contribution in [0, 0.1) is 5.92 Å². The molecule has 4 N–H and O–H groups in total. The van der Waals surface area contributed by atoms with Gasteiger partial charge in [-0.25, -0.2) is 0 Å². The van der Waals surface area contributed by atoms with Crippen LogP contribution in [0.1, 0.15) is 0 Å². The zero-order valence-corrected chi connectivity index (χ0v) is 7.29. The molecule has 0 saturated carbocycles. The Labute approximate surface area is 79.5 Å². The topological polar surface area (TPSA) is 124 Å².